The maximum absolute atomic E-state index is 12.9. The van der Waals surface area contributed by atoms with Gasteiger partial charge in [-0.25, -0.2) is 0 Å². The molecular formula is C26H29N3O3S2. The molecule has 0 saturated heterocycles. The fourth-order valence-electron chi connectivity index (χ4n) is 3.86. The summed E-state index contributed by atoms with van der Waals surface area (Å²) in [7, 11) is 0. The lowest BCUT2D eigenvalue weighted by molar-refractivity contribution is -0.127. The Balaban J connectivity index is 1.32. The first kappa shape index (κ1) is 24.2. The fraction of sp³-hybridized carbons (Fsp3) is 0.308. The molecule has 6 nitrogen and oxygen atoms in total. The van der Waals surface area contributed by atoms with Gasteiger partial charge in [0.1, 0.15) is 11.8 Å². The molecule has 0 fully saturated rings. The van der Waals surface area contributed by atoms with E-state index in [0.29, 0.717) is 17.9 Å². The summed E-state index contributed by atoms with van der Waals surface area (Å²) in [6.07, 6.45) is 3.59. The van der Waals surface area contributed by atoms with E-state index in [1.807, 2.05) is 60.1 Å². The number of carbonyl (C=O) groups excluding carboxylic acids is 2. The Hall–Kier alpha value is -2.97. The molecule has 1 aromatic heterocycles. The van der Waals surface area contributed by atoms with Gasteiger partial charge in [0.25, 0.3) is 5.91 Å². The van der Waals surface area contributed by atoms with Gasteiger partial charge in [0.15, 0.2) is 6.61 Å². The molecule has 0 radical (unpaired) electrons. The summed E-state index contributed by atoms with van der Waals surface area (Å²) in [5, 5.41) is 7.93. The number of carbonyl (C=O) groups is 2. The molecule has 8 heteroatoms. The van der Waals surface area contributed by atoms with E-state index in [0.717, 1.165) is 31.0 Å². The maximum Gasteiger partial charge on any atom is 0.258 e. The number of amides is 2. The normalized spacial score (nSPS) is 13.6. The summed E-state index contributed by atoms with van der Waals surface area (Å²) in [5.74, 6) is 0.831. The van der Waals surface area contributed by atoms with Crippen molar-refractivity contribution in [2.45, 2.75) is 25.4 Å². The van der Waals surface area contributed by atoms with Crippen LogP contribution in [0.1, 0.15) is 16.9 Å². The van der Waals surface area contributed by atoms with Gasteiger partial charge in [-0.3, -0.25) is 9.59 Å². The van der Waals surface area contributed by atoms with E-state index in [4.69, 9.17) is 4.74 Å². The van der Waals surface area contributed by atoms with Gasteiger partial charge in [-0.05, 0) is 78.3 Å². The van der Waals surface area contributed by atoms with Crippen molar-refractivity contribution in [1.29, 1.82) is 0 Å². The lowest BCUT2D eigenvalue weighted by Crippen LogP contribution is -2.45. The van der Waals surface area contributed by atoms with Crippen molar-refractivity contribution < 1.29 is 14.3 Å². The number of hydrogen-bond acceptors (Lipinski definition) is 6. The molecule has 2 heterocycles. The number of thioether (sulfide) groups is 1. The summed E-state index contributed by atoms with van der Waals surface area (Å²) in [5.41, 5.74) is 3.25. The summed E-state index contributed by atoms with van der Waals surface area (Å²) >= 11 is 3.47. The van der Waals surface area contributed by atoms with Crippen molar-refractivity contribution in [2.75, 3.05) is 35.4 Å². The average Bonchev–Trinajstić information content (AvgIpc) is 3.34. The van der Waals surface area contributed by atoms with Crippen molar-refractivity contribution in [2.24, 2.45) is 0 Å². The largest absolute Gasteiger partial charge is 0.484 e. The molecule has 178 valence electrons. The van der Waals surface area contributed by atoms with Crippen LogP contribution in [0.3, 0.4) is 0 Å². The van der Waals surface area contributed by atoms with E-state index in [1.165, 1.54) is 10.4 Å². The van der Waals surface area contributed by atoms with E-state index in [1.54, 1.807) is 23.9 Å². The second kappa shape index (κ2) is 11.9. The van der Waals surface area contributed by atoms with E-state index >= 15 is 0 Å². The Morgan fingerprint density at radius 2 is 1.91 bits per heavy atom. The highest BCUT2D eigenvalue weighted by molar-refractivity contribution is 7.98. The SMILES string of the molecule is CSCCC(NC(=O)COc1ccccc1)C(=O)Nc1ccc(N2CCc3sccc3C2)cc1. The first-order valence-corrected chi connectivity index (χ1v) is 13.6. The minimum absolute atomic E-state index is 0.135. The minimum atomic E-state index is -0.627. The number of anilines is 2. The minimum Gasteiger partial charge on any atom is -0.484 e. The van der Waals surface area contributed by atoms with Crippen LogP contribution < -0.4 is 20.3 Å². The van der Waals surface area contributed by atoms with Crippen molar-refractivity contribution >= 4 is 46.3 Å². The number of nitrogens with one attached hydrogen (secondary N) is 2. The molecule has 3 aromatic rings. The van der Waals surface area contributed by atoms with E-state index in [9.17, 15) is 9.59 Å². The van der Waals surface area contributed by atoms with Crippen LogP contribution in [0.2, 0.25) is 0 Å². The summed E-state index contributed by atoms with van der Waals surface area (Å²) < 4.78 is 5.51. The van der Waals surface area contributed by atoms with Gasteiger partial charge in [0, 0.05) is 29.3 Å². The van der Waals surface area contributed by atoms with Crippen LogP contribution in [-0.2, 0) is 22.6 Å². The highest BCUT2D eigenvalue weighted by atomic mass is 32.2. The number of rotatable bonds is 10. The van der Waals surface area contributed by atoms with Gasteiger partial charge >= 0.3 is 0 Å². The second-order valence-corrected chi connectivity index (χ2v) is 10.1. The highest BCUT2D eigenvalue weighted by Gasteiger charge is 2.21. The molecule has 1 aliphatic rings. The van der Waals surface area contributed by atoms with Crippen LogP contribution in [0, 0.1) is 0 Å². The second-order valence-electron chi connectivity index (χ2n) is 8.08. The predicted octanol–water partition coefficient (Wildman–Crippen LogP) is 4.57. The van der Waals surface area contributed by atoms with Crippen molar-refractivity contribution in [1.82, 2.24) is 5.32 Å². The fourth-order valence-corrected chi connectivity index (χ4v) is 5.22. The zero-order valence-electron chi connectivity index (χ0n) is 19.2. The van der Waals surface area contributed by atoms with Crippen LogP contribution in [0.4, 0.5) is 11.4 Å². The van der Waals surface area contributed by atoms with E-state index < -0.39 is 6.04 Å². The lowest BCUT2D eigenvalue weighted by Gasteiger charge is -2.29. The Morgan fingerprint density at radius 3 is 2.68 bits per heavy atom. The predicted molar refractivity (Wildman–Crippen MR) is 141 cm³/mol. The number of benzene rings is 2. The molecule has 0 bridgehead atoms. The smallest absolute Gasteiger partial charge is 0.258 e. The Labute approximate surface area is 208 Å². The molecule has 2 amide bonds. The summed E-state index contributed by atoms with van der Waals surface area (Å²) in [4.78, 5) is 29.2. The summed E-state index contributed by atoms with van der Waals surface area (Å²) in [6, 6.07) is 18.6. The Kier molecular flexibility index (Phi) is 8.49. The van der Waals surface area contributed by atoms with Gasteiger partial charge in [0.05, 0.1) is 0 Å². The van der Waals surface area contributed by atoms with Crippen LogP contribution in [0.5, 0.6) is 5.75 Å². The number of thiophene rings is 1. The first-order chi connectivity index (χ1) is 16.6. The molecular weight excluding hydrogens is 466 g/mol. The highest BCUT2D eigenvalue weighted by Crippen LogP contribution is 2.28. The third-order valence-corrected chi connectivity index (χ3v) is 7.35. The molecule has 1 unspecified atom stereocenters. The first-order valence-electron chi connectivity index (χ1n) is 11.3. The van der Waals surface area contributed by atoms with Gasteiger partial charge in [0.2, 0.25) is 5.91 Å². The van der Waals surface area contributed by atoms with Crippen molar-refractivity contribution in [3.63, 3.8) is 0 Å². The van der Waals surface area contributed by atoms with Crippen LogP contribution in [-0.4, -0.2) is 43.0 Å². The van der Waals surface area contributed by atoms with E-state index in [2.05, 4.69) is 27.0 Å². The topological polar surface area (TPSA) is 70.7 Å². The van der Waals surface area contributed by atoms with Crippen LogP contribution >= 0.6 is 23.1 Å². The van der Waals surface area contributed by atoms with Gasteiger partial charge in [-0.15, -0.1) is 11.3 Å². The standard InChI is InChI=1S/C26H29N3O3S2/c1-33-15-13-23(28-25(30)18-32-22-5-3-2-4-6-22)26(31)27-20-7-9-21(10-8-20)29-14-11-24-19(17-29)12-16-34-24/h2-10,12,16,23H,11,13-15,17-18H2,1H3,(H,27,31)(H,28,30). The number of ether oxygens (including phenoxy) is 1. The van der Waals surface area contributed by atoms with Crippen molar-refractivity contribution in [3.05, 3.63) is 76.5 Å². The van der Waals surface area contributed by atoms with Crippen LogP contribution in [0.25, 0.3) is 0 Å². The average molecular weight is 496 g/mol. The van der Waals surface area contributed by atoms with Crippen LogP contribution in [0.15, 0.2) is 66.0 Å². The van der Waals surface area contributed by atoms with E-state index in [-0.39, 0.29) is 18.4 Å². The van der Waals surface area contributed by atoms with Gasteiger partial charge < -0.3 is 20.3 Å². The molecule has 2 aromatic carbocycles. The number of nitrogens with zero attached hydrogens (tertiary/aromatic N) is 1. The van der Waals surface area contributed by atoms with Gasteiger partial charge in [-0.1, -0.05) is 18.2 Å². The summed E-state index contributed by atoms with van der Waals surface area (Å²) in [6.45, 7) is 1.77. The van der Waals surface area contributed by atoms with Crippen molar-refractivity contribution in [3.8, 4) is 5.75 Å². The molecule has 0 spiro atoms. The monoisotopic (exact) mass is 495 g/mol. The Morgan fingerprint density at radius 1 is 1.12 bits per heavy atom. The maximum atomic E-state index is 12.9. The third kappa shape index (κ3) is 6.55. The van der Waals surface area contributed by atoms with Gasteiger partial charge in [-0.2, -0.15) is 11.8 Å². The Bertz CT molecular complexity index is 1090. The quantitative estimate of drug-likeness (QED) is 0.431. The number of para-hydroxylation sites is 1. The number of hydrogen-bond donors (Lipinski definition) is 2. The third-order valence-electron chi connectivity index (χ3n) is 5.68. The molecule has 0 aliphatic carbocycles. The lowest BCUT2D eigenvalue weighted by atomic mass is 10.1. The molecule has 34 heavy (non-hydrogen) atoms. The molecule has 0 saturated carbocycles. The molecule has 4 rings (SSSR count). The molecule has 1 aliphatic heterocycles. The molecule has 2 N–H and O–H groups in total. The zero-order valence-corrected chi connectivity index (χ0v) is 20.8. The number of fused-ring (bicyclic) bond motifs is 1. The molecule has 1 atom stereocenters. The zero-order chi connectivity index (χ0) is 23.8.